The van der Waals surface area contributed by atoms with Crippen molar-refractivity contribution in [1.29, 1.82) is 0 Å². The van der Waals surface area contributed by atoms with Gasteiger partial charge in [-0.05, 0) is 26.0 Å². The summed E-state index contributed by atoms with van der Waals surface area (Å²) >= 11 is 0. The smallest absolute Gasteiger partial charge is 0.288 e. The summed E-state index contributed by atoms with van der Waals surface area (Å²) in [6.07, 6.45) is 0.987. The predicted octanol–water partition coefficient (Wildman–Crippen LogP) is 1.93. The van der Waals surface area contributed by atoms with Crippen molar-refractivity contribution < 1.29 is 17.9 Å². The van der Waals surface area contributed by atoms with Crippen molar-refractivity contribution in [3.05, 3.63) is 45.3 Å². The van der Waals surface area contributed by atoms with Crippen LogP contribution in [-0.4, -0.2) is 55.8 Å². The Labute approximate surface area is 157 Å². The van der Waals surface area contributed by atoms with Crippen LogP contribution in [0.4, 0.5) is 11.4 Å². The number of nitrogens with zero attached hydrogens (tertiary/aromatic N) is 4. The fourth-order valence-corrected chi connectivity index (χ4v) is 4.12. The highest BCUT2D eigenvalue weighted by Crippen LogP contribution is 2.29. The molecule has 1 saturated heterocycles. The summed E-state index contributed by atoms with van der Waals surface area (Å²) in [7, 11) is -3.69. The third-order valence-corrected chi connectivity index (χ3v) is 5.97. The van der Waals surface area contributed by atoms with Crippen LogP contribution in [0, 0.1) is 24.0 Å². The van der Waals surface area contributed by atoms with E-state index in [9.17, 15) is 18.5 Å². The Morgan fingerprint density at radius 3 is 2.41 bits per heavy atom. The first-order valence-electron chi connectivity index (χ1n) is 8.54. The third kappa shape index (κ3) is 4.11. The summed E-state index contributed by atoms with van der Waals surface area (Å²) in [4.78, 5) is 14.5. The highest BCUT2D eigenvalue weighted by molar-refractivity contribution is 7.90. The molecule has 0 bridgehead atoms. The minimum atomic E-state index is -3.69. The van der Waals surface area contributed by atoms with E-state index in [1.165, 1.54) is 12.1 Å². The molecule has 1 fully saturated rings. The van der Waals surface area contributed by atoms with Gasteiger partial charge in [0, 0.05) is 56.3 Å². The minimum Gasteiger partial charge on any atom is -0.369 e. The summed E-state index contributed by atoms with van der Waals surface area (Å²) < 4.78 is 29.1. The molecule has 1 aromatic heterocycles. The van der Waals surface area contributed by atoms with Gasteiger partial charge in [0.05, 0.1) is 10.6 Å². The molecule has 1 aliphatic rings. The van der Waals surface area contributed by atoms with Gasteiger partial charge in [-0.2, -0.15) is 0 Å². The molecule has 146 valence electrons. The molecule has 3 rings (SSSR count). The monoisotopic (exact) mass is 394 g/mol. The number of nitro groups is 1. The topological polar surface area (TPSA) is 110 Å². The lowest BCUT2D eigenvalue weighted by Gasteiger charge is -2.36. The van der Waals surface area contributed by atoms with Crippen LogP contribution in [0.2, 0.25) is 0 Å². The number of rotatable bonds is 5. The van der Waals surface area contributed by atoms with Crippen molar-refractivity contribution in [2.24, 2.45) is 0 Å². The van der Waals surface area contributed by atoms with Crippen molar-refractivity contribution in [3.63, 3.8) is 0 Å². The molecule has 0 spiro atoms. The zero-order chi connectivity index (χ0) is 19.8. The Balaban J connectivity index is 1.73. The van der Waals surface area contributed by atoms with Crippen LogP contribution < -0.4 is 4.90 Å². The van der Waals surface area contributed by atoms with Gasteiger partial charge in [-0.1, -0.05) is 5.16 Å². The number of anilines is 1. The summed E-state index contributed by atoms with van der Waals surface area (Å²) in [6, 6.07) is 4.27. The Bertz CT molecular complexity index is 942. The Hall–Kier alpha value is -2.46. The van der Waals surface area contributed by atoms with Crippen LogP contribution in [0.5, 0.6) is 0 Å². The first kappa shape index (κ1) is 19.3. The van der Waals surface area contributed by atoms with Gasteiger partial charge in [-0.25, -0.2) is 8.42 Å². The lowest BCUT2D eigenvalue weighted by molar-refractivity contribution is -0.387. The number of nitro benzene ring substituents is 1. The van der Waals surface area contributed by atoms with Gasteiger partial charge in [0.25, 0.3) is 5.69 Å². The maximum Gasteiger partial charge on any atom is 0.288 e. The van der Waals surface area contributed by atoms with Crippen molar-refractivity contribution in [2.75, 3.05) is 37.3 Å². The number of aryl methyl sites for hydroxylation is 2. The normalized spacial score (nSPS) is 15.9. The number of benzene rings is 1. The first-order valence-corrected chi connectivity index (χ1v) is 10.4. The van der Waals surface area contributed by atoms with Gasteiger partial charge in [0.15, 0.2) is 9.84 Å². The van der Waals surface area contributed by atoms with Crippen LogP contribution in [0.15, 0.2) is 27.6 Å². The maximum absolute atomic E-state index is 11.9. The Morgan fingerprint density at radius 2 is 1.89 bits per heavy atom. The van der Waals surface area contributed by atoms with Gasteiger partial charge in [0.1, 0.15) is 10.7 Å². The van der Waals surface area contributed by atoms with Crippen LogP contribution in [0.1, 0.15) is 17.0 Å². The van der Waals surface area contributed by atoms with Crippen molar-refractivity contribution in [3.8, 4) is 0 Å². The molecule has 1 aliphatic heterocycles. The van der Waals surface area contributed by atoms with Crippen molar-refractivity contribution >= 4 is 21.2 Å². The molecular formula is C17H22N4O5S. The van der Waals surface area contributed by atoms with Crippen LogP contribution >= 0.6 is 0 Å². The van der Waals surface area contributed by atoms with E-state index in [-0.39, 0.29) is 4.90 Å². The lowest BCUT2D eigenvalue weighted by atomic mass is 10.1. The van der Waals surface area contributed by atoms with Gasteiger partial charge in [0.2, 0.25) is 0 Å². The molecule has 2 aromatic rings. The third-order valence-electron chi connectivity index (χ3n) is 4.84. The number of hydrogen-bond donors (Lipinski definition) is 0. The summed E-state index contributed by atoms with van der Waals surface area (Å²) in [5.41, 5.74) is 2.28. The van der Waals surface area contributed by atoms with E-state index in [1.54, 1.807) is 6.07 Å². The molecule has 0 saturated carbocycles. The van der Waals surface area contributed by atoms with Crippen LogP contribution in [-0.2, 0) is 16.4 Å². The molecule has 0 aliphatic carbocycles. The highest BCUT2D eigenvalue weighted by Gasteiger charge is 2.25. The van der Waals surface area contributed by atoms with Gasteiger partial charge >= 0.3 is 0 Å². The van der Waals surface area contributed by atoms with E-state index >= 15 is 0 Å². The predicted molar refractivity (Wildman–Crippen MR) is 99.7 cm³/mol. The Morgan fingerprint density at radius 1 is 1.22 bits per heavy atom. The molecule has 9 nitrogen and oxygen atoms in total. The minimum absolute atomic E-state index is 0.247. The fourth-order valence-electron chi connectivity index (χ4n) is 3.26. The van der Waals surface area contributed by atoms with E-state index in [0.717, 1.165) is 42.9 Å². The molecule has 0 N–H and O–H groups in total. The second-order valence-corrected chi connectivity index (χ2v) is 8.73. The van der Waals surface area contributed by atoms with Gasteiger partial charge in [-0.3, -0.25) is 15.0 Å². The summed E-state index contributed by atoms with van der Waals surface area (Å²) in [5, 5.41) is 15.1. The quantitative estimate of drug-likeness (QED) is 0.559. The standard InChI is InChI=1S/C17H22N4O5S/c1-12-15(13(2)26-18-12)11-19-6-8-20(9-7-19)14-4-5-16(21(22)23)17(10-14)27(3,24)25/h4-5,10H,6-9,11H2,1-3H3. The zero-order valence-electron chi connectivity index (χ0n) is 15.5. The average Bonchev–Trinajstić information content (AvgIpc) is 2.93. The molecule has 0 unspecified atom stereocenters. The second-order valence-electron chi connectivity index (χ2n) is 6.75. The number of aromatic nitrogens is 1. The summed E-state index contributed by atoms with van der Waals surface area (Å²) in [5.74, 6) is 0.822. The Kier molecular flexibility index (Phi) is 5.20. The highest BCUT2D eigenvalue weighted by atomic mass is 32.2. The van der Waals surface area contributed by atoms with E-state index in [1.807, 2.05) is 18.7 Å². The molecule has 27 heavy (non-hydrogen) atoms. The molecule has 10 heteroatoms. The average molecular weight is 394 g/mol. The van der Waals surface area contributed by atoms with Crippen LogP contribution in [0.3, 0.4) is 0 Å². The second kappa shape index (κ2) is 7.28. The van der Waals surface area contributed by atoms with Crippen LogP contribution in [0.25, 0.3) is 0 Å². The molecule has 2 heterocycles. The molecule has 0 amide bonds. The first-order chi connectivity index (χ1) is 12.7. The zero-order valence-corrected chi connectivity index (χ0v) is 16.3. The largest absolute Gasteiger partial charge is 0.369 e. The lowest BCUT2D eigenvalue weighted by Crippen LogP contribution is -2.46. The molecule has 0 atom stereocenters. The maximum atomic E-state index is 11.9. The number of piperazine rings is 1. The molecule has 1 aromatic carbocycles. The van der Waals surface area contributed by atoms with Gasteiger partial charge < -0.3 is 9.42 Å². The fraction of sp³-hybridized carbons (Fsp3) is 0.471. The molecular weight excluding hydrogens is 372 g/mol. The van der Waals surface area contributed by atoms with Crippen molar-refractivity contribution in [1.82, 2.24) is 10.1 Å². The molecule has 0 radical (unpaired) electrons. The van der Waals surface area contributed by atoms with Crippen molar-refractivity contribution in [2.45, 2.75) is 25.3 Å². The number of hydrogen-bond acceptors (Lipinski definition) is 8. The summed E-state index contributed by atoms with van der Waals surface area (Å²) in [6.45, 7) is 7.55. The van der Waals surface area contributed by atoms with E-state index in [0.29, 0.717) is 18.8 Å². The van der Waals surface area contributed by atoms with E-state index in [2.05, 4.69) is 10.1 Å². The van der Waals surface area contributed by atoms with Gasteiger partial charge in [-0.15, -0.1) is 0 Å². The number of sulfone groups is 1. The van der Waals surface area contributed by atoms with E-state index < -0.39 is 20.4 Å². The SMILES string of the molecule is Cc1noc(C)c1CN1CCN(c2ccc([N+](=O)[O-])c(S(C)(=O)=O)c2)CC1. The van der Waals surface area contributed by atoms with E-state index in [4.69, 9.17) is 4.52 Å².